The Hall–Kier alpha value is -3.69. The fraction of sp³-hybridized carbons (Fsp3) is 0.423. The van der Waals surface area contributed by atoms with Crippen LogP contribution in [0.5, 0.6) is 5.75 Å². The number of rotatable bonds is 6. The molecular weight excluding hydrogens is 470 g/mol. The minimum absolute atomic E-state index is 0.185. The van der Waals surface area contributed by atoms with Crippen molar-refractivity contribution in [3.05, 3.63) is 47.5 Å². The maximum atomic E-state index is 12.8. The number of halogens is 2. The molecule has 0 spiro atoms. The number of nitrogen functional groups attached to an aromatic ring is 1. The first-order valence-corrected chi connectivity index (χ1v) is 11.8. The molecule has 0 atom stereocenters. The maximum Gasteiger partial charge on any atom is 0.410 e. The number of hydrogen-bond acceptors (Lipinski definition) is 7. The molecule has 0 unspecified atom stereocenters. The summed E-state index contributed by atoms with van der Waals surface area (Å²) >= 11 is 0. The molecule has 1 aliphatic heterocycles. The van der Waals surface area contributed by atoms with Crippen LogP contribution in [0.2, 0.25) is 0 Å². The molecule has 2 N–H and O–H groups in total. The average molecular weight is 501 g/mol. The van der Waals surface area contributed by atoms with Gasteiger partial charge in [-0.05, 0) is 69.0 Å². The summed E-state index contributed by atoms with van der Waals surface area (Å²) in [5.74, 6) is 0.849. The van der Waals surface area contributed by atoms with Gasteiger partial charge >= 0.3 is 6.09 Å². The van der Waals surface area contributed by atoms with E-state index in [1.807, 2.05) is 39.0 Å². The minimum Gasteiger partial charge on any atom is -0.483 e. The van der Waals surface area contributed by atoms with Gasteiger partial charge < -0.3 is 24.6 Å². The maximum absolute atomic E-state index is 12.8. The smallest absolute Gasteiger partial charge is 0.410 e. The van der Waals surface area contributed by atoms with Crippen LogP contribution in [0.4, 0.5) is 19.3 Å². The SMILES string of the molecule is CC(C)(C)OC(=O)N1CCc2ccc(-c3noc(-c4ccc(OC(CF)CF)c(N)c4)n3)cc2CC1. The molecule has 8 nitrogen and oxygen atoms in total. The molecule has 36 heavy (non-hydrogen) atoms. The second kappa shape index (κ2) is 10.5. The molecule has 3 aromatic rings. The van der Waals surface area contributed by atoms with E-state index in [9.17, 15) is 13.6 Å². The van der Waals surface area contributed by atoms with Gasteiger partial charge in [0.15, 0.2) is 6.10 Å². The highest BCUT2D eigenvalue weighted by Crippen LogP contribution is 2.30. The van der Waals surface area contributed by atoms with Crippen LogP contribution in [0.1, 0.15) is 31.9 Å². The lowest BCUT2D eigenvalue weighted by Crippen LogP contribution is -2.38. The summed E-state index contributed by atoms with van der Waals surface area (Å²) in [7, 11) is 0. The van der Waals surface area contributed by atoms with Crippen LogP contribution >= 0.6 is 0 Å². The number of nitrogens with two attached hydrogens (primary N) is 1. The Morgan fingerprint density at radius 1 is 1.08 bits per heavy atom. The van der Waals surface area contributed by atoms with E-state index in [0.29, 0.717) is 30.9 Å². The molecule has 4 rings (SSSR count). The van der Waals surface area contributed by atoms with Crippen molar-refractivity contribution < 1.29 is 27.6 Å². The fourth-order valence-corrected chi connectivity index (χ4v) is 3.90. The second-order valence-corrected chi connectivity index (χ2v) is 9.68. The topological polar surface area (TPSA) is 104 Å². The molecule has 0 aliphatic carbocycles. The number of alkyl halides is 2. The number of hydrogen-bond donors (Lipinski definition) is 1. The number of nitrogens with zero attached hydrogens (tertiary/aromatic N) is 3. The standard InChI is InChI=1S/C26H30F2N4O4/c1-26(2,3)35-25(33)32-10-8-16-4-5-18(12-17(16)9-11-32)23-30-24(36-31-23)19-6-7-22(21(29)13-19)34-20(14-27)15-28/h4-7,12-13,20H,8-11,14-15,29H2,1-3H3. The van der Waals surface area contributed by atoms with Crippen molar-refractivity contribution in [3.8, 4) is 28.6 Å². The Kier molecular flexibility index (Phi) is 7.42. The Labute approximate surface area is 208 Å². The van der Waals surface area contributed by atoms with Crippen molar-refractivity contribution in [3.63, 3.8) is 0 Å². The normalized spacial score (nSPS) is 13.9. The third-order valence-electron chi connectivity index (χ3n) is 5.74. The second-order valence-electron chi connectivity index (χ2n) is 9.68. The molecule has 1 amide bonds. The van der Waals surface area contributed by atoms with E-state index in [2.05, 4.69) is 10.1 Å². The van der Waals surface area contributed by atoms with Crippen LogP contribution in [0.15, 0.2) is 40.9 Å². The Morgan fingerprint density at radius 2 is 1.78 bits per heavy atom. The van der Waals surface area contributed by atoms with Gasteiger partial charge in [-0.3, -0.25) is 0 Å². The predicted molar refractivity (Wildman–Crippen MR) is 131 cm³/mol. The summed E-state index contributed by atoms with van der Waals surface area (Å²) in [5.41, 5.74) is 9.29. The average Bonchev–Trinajstić information content (AvgIpc) is 3.23. The van der Waals surface area contributed by atoms with Crippen LogP contribution in [0.25, 0.3) is 22.8 Å². The number of carbonyl (C=O) groups excluding carboxylic acids is 1. The molecule has 10 heteroatoms. The molecule has 192 valence electrons. The molecule has 0 saturated heterocycles. The molecule has 0 saturated carbocycles. The van der Waals surface area contributed by atoms with Crippen LogP contribution in [0.3, 0.4) is 0 Å². The van der Waals surface area contributed by atoms with E-state index < -0.39 is 25.1 Å². The van der Waals surface area contributed by atoms with Crippen molar-refractivity contribution in [1.29, 1.82) is 0 Å². The zero-order valence-corrected chi connectivity index (χ0v) is 20.6. The van der Waals surface area contributed by atoms with E-state index in [-0.39, 0.29) is 23.4 Å². The summed E-state index contributed by atoms with van der Waals surface area (Å²) in [6.45, 7) is 4.81. The Bertz CT molecular complexity index is 1220. The van der Waals surface area contributed by atoms with Crippen molar-refractivity contribution >= 4 is 11.8 Å². The predicted octanol–water partition coefficient (Wildman–Crippen LogP) is 5.01. The molecule has 0 radical (unpaired) electrons. The molecule has 0 bridgehead atoms. The van der Waals surface area contributed by atoms with Gasteiger partial charge in [-0.25, -0.2) is 13.6 Å². The van der Waals surface area contributed by atoms with E-state index in [4.69, 9.17) is 19.7 Å². The summed E-state index contributed by atoms with van der Waals surface area (Å²) in [4.78, 5) is 18.7. The number of anilines is 1. The van der Waals surface area contributed by atoms with Gasteiger partial charge in [-0.1, -0.05) is 17.3 Å². The van der Waals surface area contributed by atoms with Crippen LogP contribution in [-0.4, -0.2) is 59.3 Å². The summed E-state index contributed by atoms with van der Waals surface area (Å²) in [6.07, 6.45) is -0.0909. The van der Waals surface area contributed by atoms with E-state index in [0.717, 1.165) is 23.1 Å². The van der Waals surface area contributed by atoms with Crippen molar-refractivity contribution in [1.82, 2.24) is 15.0 Å². The number of fused-ring (bicyclic) bond motifs is 1. The van der Waals surface area contributed by atoms with Gasteiger partial charge in [0.2, 0.25) is 5.82 Å². The van der Waals surface area contributed by atoms with E-state index in [1.54, 1.807) is 17.0 Å². The molecule has 0 fully saturated rings. The fourth-order valence-electron chi connectivity index (χ4n) is 3.90. The van der Waals surface area contributed by atoms with Crippen molar-refractivity contribution in [2.24, 2.45) is 0 Å². The Balaban J connectivity index is 1.48. The van der Waals surface area contributed by atoms with Crippen LogP contribution in [0, 0.1) is 0 Å². The third kappa shape index (κ3) is 5.92. The first kappa shape index (κ1) is 25.4. The van der Waals surface area contributed by atoms with Crippen molar-refractivity contribution in [2.45, 2.75) is 45.3 Å². The van der Waals surface area contributed by atoms with Gasteiger partial charge in [0.1, 0.15) is 24.7 Å². The highest BCUT2D eigenvalue weighted by molar-refractivity contribution is 5.69. The molecule has 2 aromatic carbocycles. The molecule has 1 aliphatic rings. The van der Waals surface area contributed by atoms with Gasteiger partial charge in [0.25, 0.3) is 5.89 Å². The quantitative estimate of drug-likeness (QED) is 0.475. The lowest BCUT2D eigenvalue weighted by molar-refractivity contribution is 0.0258. The lowest BCUT2D eigenvalue weighted by Gasteiger charge is -2.26. The molecular formula is C26H30F2N4O4. The van der Waals surface area contributed by atoms with Gasteiger partial charge in [-0.15, -0.1) is 0 Å². The van der Waals surface area contributed by atoms with Gasteiger partial charge in [0, 0.05) is 24.2 Å². The zero-order chi connectivity index (χ0) is 25.9. The first-order valence-electron chi connectivity index (χ1n) is 11.8. The van der Waals surface area contributed by atoms with Gasteiger partial charge in [0.05, 0.1) is 5.69 Å². The first-order chi connectivity index (χ1) is 17.2. The summed E-state index contributed by atoms with van der Waals surface area (Å²) in [6, 6.07) is 10.7. The highest BCUT2D eigenvalue weighted by Gasteiger charge is 2.24. The molecule has 1 aromatic heterocycles. The summed E-state index contributed by atoms with van der Waals surface area (Å²) in [5, 5.41) is 4.10. The monoisotopic (exact) mass is 500 g/mol. The minimum atomic E-state index is -1.20. The zero-order valence-electron chi connectivity index (χ0n) is 20.6. The number of ether oxygens (including phenoxy) is 2. The van der Waals surface area contributed by atoms with Crippen LogP contribution in [-0.2, 0) is 17.6 Å². The van der Waals surface area contributed by atoms with Gasteiger partial charge in [-0.2, -0.15) is 4.98 Å². The highest BCUT2D eigenvalue weighted by atomic mass is 19.1. The number of aromatic nitrogens is 2. The third-order valence-corrected chi connectivity index (χ3v) is 5.74. The number of benzene rings is 2. The number of carbonyl (C=O) groups is 1. The number of amides is 1. The summed E-state index contributed by atoms with van der Waals surface area (Å²) < 4.78 is 41.7. The van der Waals surface area contributed by atoms with Crippen molar-refractivity contribution in [2.75, 3.05) is 32.2 Å². The van der Waals surface area contributed by atoms with E-state index in [1.165, 1.54) is 6.07 Å². The van der Waals surface area contributed by atoms with Crippen LogP contribution < -0.4 is 10.5 Å². The van der Waals surface area contributed by atoms with E-state index >= 15 is 0 Å². The molecule has 2 heterocycles. The Morgan fingerprint density at radius 3 is 2.44 bits per heavy atom. The largest absolute Gasteiger partial charge is 0.483 e. The lowest BCUT2D eigenvalue weighted by atomic mass is 10.00.